The Balaban J connectivity index is 1.96. The summed E-state index contributed by atoms with van der Waals surface area (Å²) in [5.74, 6) is 0.732. The van der Waals surface area contributed by atoms with Gasteiger partial charge < -0.3 is 10.6 Å². The van der Waals surface area contributed by atoms with Crippen LogP contribution in [-0.2, 0) is 0 Å². The standard InChI is InChI=1S/C12H20N2/c1-10-4-6-14-9-12(10)7-11-3-2-5-13-8-11/h7,11,13-14H,1-6,8-9H2/b12-7-. The van der Waals surface area contributed by atoms with Crippen molar-refractivity contribution in [1.82, 2.24) is 10.6 Å². The zero-order valence-electron chi connectivity index (χ0n) is 8.81. The van der Waals surface area contributed by atoms with Gasteiger partial charge in [-0.25, -0.2) is 0 Å². The van der Waals surface area contributed by atoms with Crippen molar-refractivity contribution in [2.75, 3.05) is 26.2 Å². The third-order valence-corrected chi connectivity index (χ3v) is 3.15. The molecule has 2 fully saturated rings. The van der Waals surface area contributed by atoms with Crippen LogP contribution < -0.4 is 10.6 Å². The van der Waals surface area contributed by atoms with Crippen LogP contribution in [0.25, 0.3) is 0 Å². The first-order valence-electron chi connectivity index (χ1n) is 5.66. The predicted molar refractivity (Wildman–Crippen MR) is 60.3 cm³/mol. The molecule has 2 saturated heterocycles. The average molecular weight is 192 g/mol. The van der Waals surface area contributed by atoms with Crippen molar-refractivity contribution in [3.05, 3.63) is 23.8 Å². The van der Waals surface area contributed by atoms with E-state index >= 15 is 0 Å². The van der Waals surface area contributed by atoms with E-state index in [2.05, 4.69) is 23.3 Å². The van der Waals surface area contributed by atoms with Crippen LogP contribution in [0.15, 0.2) is 23.8 Å². The molecule has 1 atom stereocenters. The Bertz CT molecular complexity index is 237. The third-order valence-electron chi connectivity index (χ3n) is 3.15. The van der Waals surface area contributed by atoms with E-state index in [1.54, 1.807) is 0 Å². The predicted octanol–water partition coefficient (Wildman–Crippen LogP) is 1.46. The van der Waals surface area contributed by atoms with Gasteiger partial charge in [0.1, 0.15) is 0 Å². The Hall–Kier alpha value is -0.600. The average Bonchev–Trinajstić information content (AvgIpc) is 2.23. The molecular formula is C12H20N2. The molecule has 2 rings (SSSR count). The van der Waals surface area contributed by atoms with Gasteiger partial charge in [0.15, 0.2) is 0 Å². The van der Waals surface area contributed by atoms with E-state index in [0.29, 0.717) is 0 Å². The van der Waals surface area contributed by atoms with Crippen LogP contribution in [0.4, 0.5) is 0 Å². The minimum atomic E-state index is 0.732. The van der Waals surface area contributed by atoms with E-state index in [1.807, 2.05) is 0 Å². The number of hydrogen-bond acceptors (Lipinski definition) is 2. The van der Waals surface area contributed by atoms with Gasteiger partial charge in [-0.05, 0) is 49.4 Å². The van der Waals surface area contributed by atoms with E-state index in [9.17, 15) is 0 Å². The Kier molecular flexibility index (Phi) is 3.38. The maximum absolute atomic E-state index is 4.13. The van der Waals surface area contributed by atoms with E-state index in [0.717, 1.165) is 32.0 Å². The molecule has 2 N–H and O–H groups in total. The monoisotopic (exact) mass is 192 g/mol. The van der Waals surface area contributed by atoms with Gasteiger partial charge in [0.2, 0.25) is 0 Å². The number of piperidine rings is 2. The molecule has 1 unspecified atom stereocenters. The first kappa shape index (κ1) is 9.94. The van der Waals surface area contributed by atoms with Crippen molar-refractivity contribution in [3.63, 3.8) is 0 Å². The summed E-state index contributed by atoms with van der Waals surface area (Å²) in [7, 11) is 0. The molecule has 0 aromatic rings. The van der Waals surface area contributed by atoms with Crippen molar-refractivity contribution in [2.45, 2.75) is 19.3 Å². The van der Waals surface area contributed by atoms with E-state index in [-0.39, 0.29) is 0 Å². The number of nitrogens with one attached hydrogen (secondary N) is 2. The van der Waals surface area contributed by atoms with Crippen molar-refractivity contribution in [3.8, 4) is 0 Å². The molecule has 78 valence electrons. The summed E-state index contributed by atoms with van der Waals surface area (Å²) in [5.41, 5.74) is 2.79. The van der Waals surface area contributed by atoms with Gasteiger partial charge in [-0.2, -0.15) is 0 Å². The highest BCUT2D eigenvalue weighted by molar-refractivity contribution is 5.32. The lowest BCUT2D eigenvalue weighted by molar-refractivity contribution is 0.436. The van der Waals surface area contributed by atoms with Crippen LogP contribution in [0.2, 0.25) is 0 Å². The summed E-state index contributed by atoms with van der Waals surface area (Å²) in [4.78, 5) is 0. The second-order valence-corrected chi connectivity index (χ2v) is 4.33. The van der Waals surface area contributed by atoms with Gasteiger partial charge >= 0.3 is 0 Å². The molecular weight excluding hydrogens is 172 g/mol. The summed E-state index contributed by atoms with van der Waals surface area (Å²) in [5, 5.41) is 6.85. The highest BCUT2D eigenvalue weighted by atomic mass is 14.9. The summed E-state index contributed by atoms with van der Waals surface area (Å²) in [6, 6.07) is 0. The van der Waals surface area contributed by atoms with Gasteiger partial charge in [-0.15, -0.1) is 0 Å². The maximum Gasteiger partial charge on any atom is 0.0205 e. The van der Waals surface area contributed by atoms with Crippen molar-refractivity contribution < 1.29 is 0 Å². The van der Waals surface area contributed by atoms with E-state index < -0.39 is 0 Å². The molecule has 0 spiro atoms. The fourth-order valence-electron chi connectivity index (χ4n) is 2.23. The Morgan fingerprint density at radius 2 is 2.21 bits per heavy atom. The van der Waals surface area contributed by atoms with Crippen LogP contribution >= 0.6 is 0 Å². The molecule has 2 nitrogen and oxygen atoms in total. The highest BCUT2D eigenvalue weighted by Gasteiger charge is 2.14. The van der Waals surface area contributed by atoms with Crippen molar-refractivity contribution >= 4 is 0 Å². The summed E-state index contributed by atoms with van der Waals surface area (Å²) < 4.78 is 0. The largest absolute Gasteiger partial charge is 0.316 e. The minimum absolute atomic E-state index is 0.732. The third kappa shape index (κ3) is 2.46. The molecule has 0 radical (unpaired) electrons. The van der Waals surface area contributed by atoms with Crippen LogP contribution in [0, 0.1) is 5.92 Å². The molecule has 0 amide bonds. The van der Waals surface area contributed by atoms with Gasteiger partial charge in [0, 0.05) is 13.1 Å². The lowest BCUT2D eigenvalue weighted by Crippen LogP contribution is -2.30. The van der Waals surface area contributed by atoms with Gasteiger partial charge in [-0.3, -0.25) is 0 Å². The lowest BCUT2D eigenvalue weighted by Gasteiger charge is -2.24. The molecule has 0 bridgehead atoms. The zero-order valence-corrected chi connectivity index (χ0v) is 8.81. The van der Waals surface area contributed by atoms with Crippen molar-refractivity contribution in [2.24, 2.45) is 5.92 Å². The van der Waals surface area contributed by atoms with Gasteiger partial charge in [-0.1, -0.05) is 12.7 Å². The first-order chi connectivity index (χ1) is 6.86. The number of rotatable bonds is 1. The zero-order chi connectivity index (χ0) is 9.80. The first-order valence-corrected chi connectivity index (χ1v) is 5.66. The molecule has 0 aromatic heterocycles. The summed E-state index contributed by atoms with van der Waals surface area (Å²) >= 11 is 0. The van der Waals surface area contributed by atoms with Crippen LogP contribution in [-0.4, -0.2) is 26.2 Å². The Morgan fingerprint density at radius 3 is 2.93 bits per heavy atom. The molecule has 0 saturated carbocycles. The SMILES string of the molecule is C=C1CCNC/C1=C/C1CCCNC1. The lowest BCUT2D eigenvalue weighted by atomic mass is 9.92. The topological polar surface area (TPSA) is 24.1 Å². The Labute approximate surface area is 86.5 Å². The fraction of sp³-hybridized carbons (Fsp3) is 0.667. The smallest absolute Gasteiger partial charge is 0.0205 e. The molecule has 0 aliphatic carbocycles. The normalized spacial score (nSPS) is 32.1. The summed E-state index contributed by atoms with van der Waals surface area (Å²) in [6.45, 7) is 8.59. The highest BCUT2D eigenvalue weighted by Crippen LogP contribution is 2.20. The Morgan fingerprint density at radius 1 is 1.29 bits per heavy atom. The molecule has 2 aliphatic rings. The molecule has 0 aromatic carbocycles. The summed E-state index contributed by atoms with van der Waals surface area (Å²) in [6.07, 6.45) is 6.20. The van der Waals surface area contributed by atoms with E-state index in [1.165, 1.54) is 30.5 Å². The van der Waals surface area contributed by atoms with Crippen LogP contribution in [0.5, 0.6) is 0 Å². The molecule has 2 heterocycles. The quantitative estimate of drug-likeness (QED) is 0.657. The molecule has 2 aliphatic heterocycles. The molecule has 14 heavy (non-hydrogen) atoms. The van der Waals surface area contributed by atoms with Crippen LogP contribution in [0.3, 0.4) is 0 Å². The number of hydrogen-bond donors (Lipinski definition) is 2. The van der Waals surface area contributed by atoms with Gasteiger partial charge in [0.25, 0.3) is 0 Å². The second-order valence-electron chi connectivity index (χ2n) is 4.33. The maximum atomic E-state index is 4.13. The van der Waals surface area contributed by atoms with Crippen LogP contribution in [0.1, 0.15) is 19.3 Å². The van der Waals surface area contributed by atoms with Crippen molar-refractivity contribution in [1.29, 1.82) is 0 Å². The minimum Gasteiger partial charge on any atom is -0.316 e. The van der Waals surface area contributed by atoms with Gasteiger partial charge in [0.05, 0.1) is 0 Å². The van der Waals surface area contributed by atoms with E-state index in [4.69, 9.17) is 0 Å². The fourth-order valence-corrected chi connectivity index (χ4v) is 2.23. The molecule has 2 heteroatoms. The second kappa shape index (κ2) is 4.76.